The maximum Gasteiger partial charge on any atom is 0.264 e. The van der Waals surface area contributed by atoms with Crippen LogP contribution in [-0.2, 0) is 26.2 Å². The van der Waals surface area contributed by atoms with Gasteiger partial charge in [0, 0.05) is 18.7 Å². The summed E-state index contributed by atoms with van der Waals surface area (Å²) < 4.78 is 34.2. The fourth-order valence-corrected chi connectivity index (χ4v) is 6.60. The van der Waals surface area contributed by atoms with E-state index in [0.29, 0.717) is 5.75 Å². The fraction of sp³-hybridized carbons (Fsp3) is 0.375. The molecule has 0 saturated heterocycles. The molecule has 9 heteroatoms. The topological polar surface area (TPSA) is 96.0 Å². The zero-order valence-electron chi connectivity index (χ0n) is 24.0. The van der Waals surface area contributed by atoms with Crippen molar-refractivity contribution >= 4 is 27.5 Å². The first-order valence-electron chi connectivity index (χ1n) is 14.1. The third-order valence-electron chi connectivity index (χ3n) is 7.51. The number of rotatable bonds is 11. The van der Waals surface area contributed by atoms with Crippen LogP contribution >= 0.6 is 0 Å². The molecule has 0 spiro atoms. The summed E-state index contributed by atoms with van der Waals surface area (Å²) in [6.07, 6.45) is 5.14. The molecular formula is C32H39N3O5S. The van der Waals surface area contributed by atoms with Crippen molar-refractivity contribution in [3.63, 3.8) is 0 Å². The highest BCUT2D eigenvalue weighted by atomic mass is 32.2. The van der Waals surface area contributed by atoms with Gasteiger partial charge >= 0.3 is 0 Å². The van der Waals surface area contributed by atoms with Crippen LogP contribution < -0.4 is 14.4 Å². The molecule has 1 saturated carbocycles. The number of anilines is 1. The van der Waals surface area contributed by atoms with E-state index in [4.69, 9.17) is 4.74 Å². The number of amides is 2. The average Bonchev–Trinajstić information content (AvgIpc) is 2.99. The summed E-state index contributed by atoms with van der Waals surface area (Å²) in [4.78, 5) is 29.0. The van der Waals surface area contributed by atoms with Gasteiger partial charge in [0.1, 0.15) is 18.3 Å². The molecule has 1 N–H and O–H groups in total. The van der Waals surface area contributed by atoms with Crippen molar-refractivity contribution in [1.29, 1.82) is 0 Å². The van der Waals surface area contributed by atoms with Crippen LogP contribution in [0, 0.1) is 6.92 Å². The Morgan fingerprint density at radius 1 is 0.951 bits per heavy atom. The highest BCUT2D eigenvalue weighted by molar-refractivity contribution is 7.92. The highest BCUT2D eigenvalue weighted by Crippen LogP contribution is 2.28. The van der Waals surface area contributed by atoms with Gasteiger partial charge in [-0.3, -0.25) is 13.9 Å². The summed E-state index contributed by atoms with van der Waals surface area (Å²) in [6, 6.07) is 21.6. The summed E-state index contributed by atoms with van der Waals surface area (Å²) in [5.74, 6) is -0.267. The summed E-state index contributed by atoms with van der Waals surface area (Å²) in [5, 5.41) is 3.13. The quantitative estimate of drug-likeness (QED) is 0.344. The number of sulfonamides is 1. The Hall–Kier alpha value is -3.85. The Bertz CT molecular complexity index is 1440. The second-order valence-electron chi connectivity index (χ2n) is 10.6. The van der Waals surface area contributed by atoms with E-state index in [-0.39, 0.29) is 29.1 Å². The van der Waals surface area contributed by atoms with Gasteiger partial charge in [-0.2, -0.15) is 0 Å². The number of methoxy groups -OCH3 is 1. The van der Waals surface area contributed by atoms with Gasteiger partial charge in [0.15, 0.2) is 0 Å². The van der Waals surface area contributed by atoms with Gasteiger partial charge in [-0.05, 0) is 56.5 Å². The van der Waals surface area contributed by atoms with Crippen molar-refractivity contribution < 1.29 is 22.7 Å². The molecule has 0 bridgehead atoms. The highest BCUT2D eigenvalue weighted by Gasteiger charge is 2.33. The van der Waals surface area contributed by atoms with Crippen molar-refractivity contribution in [1.82, 2.24) is 10.2 Å². The number of aryl methyl sites for hydroxylation is 1. The van der Waals surface area contributed by atoms with Gasteiger partial charge in [-0.15, -0.1) is 0 Å². The molecule has 1 aliphatic rings. The van der Waals surface area contributed by atoms with E-state index in [1.54, 1.807) is 49.4 Å². The fourth-order valence-electron chi connectivity index (χ4n) is 5.17. The van der Waals surface area contributed by atoms with Crippen LogP contribution in [0.4, 0.5) is 5.69 Å². The maximum absolute atomic E-state index is 14.1. The average molecular weight is 578 g/mol. The molecule has 8 nitrogen and oxygen atoms in total. The minimum Gasteiger partial charge on any atom is -0.497 e. The van der Waals surface area contributed by atoms with Crippen molar-refractivity contribution in [2.45, 2.75) is 69.5 Å². The molecule has 1 atom stereocenters. The Morgan fingerprint density at radius 3 is 2.34 bits per heavy atom. The molecule has 1 fully saturated rings. The number of hydrogen-bond donors (Lipinski definition) is 1. The third-order valence-corrected chi connectivity index (χ3v) is 9.29. The summed E-state index contributed by atoms with van der Waals surface area (Å²) in [6.45, 7) is 3.34. The number of carbonyl (C=O) groups is 2. The van der Waals surface area contributed by atoms with Crippen LogP contribution in [0.1, 0.15) is 50.2 Å². The van der Waals surface area contributed by atoms with Crippen LogP contribution in [-0.4, -0.2) is 50.9 Å². The second kappa shape index (κ2) is 13.7. The van der Waals surface area contributed by atoms with Gasteiger partial charge in [0.25, 0.3) is 10.0 Å². The first kappa shape index (κ1) is 30.1. The molecule has 0 radical (unpaired) electrons. The van der Waals surface area contributed by atoms with Gasteiger partial charge in [0.2, 0.25) is 11.8 Å². The predicted octanol–water partition coefficient (Wildman–Crippen LogP) is 5.07. The Kier molecular flexibility index (Phi) is 10.0. The van der Waals surface area contributed by atoms with E-state index >= 15 is 0 Å². The van der Waals surface area contributed by atoms with E-state index in [9.17, 15) is 18.0 Å². The smallest absolute Gasteiger partial charge is 0.264 e. The number of nitrogens with zero attached hydrogens (tertiary/aromatic N) is 2. The number of hydrogen-bond acceptors (Lipinski definition) is 5. The minimum absolute atomic E-state index is 0.0592. The molecule has 1 unspecified atom stereocenters. The van der Waals surface area contributed by atoms with Crippen LogP contribution in [0.15, 0.2) is 83.8 Å². The maximum atomic E-state index is 14.1. The van der Waals surface area contributed by atoms with Crippen molar-refractivity contribution in [3.8, 4) is 5.75 Å². The molecule has 0 aromatic heterocycles. The Balaban J connectivity index is 1.68. The number of ether oxygens (including phenoxy) is 1. The van der Waals surface area contributed by atoms with Crippen LogP contribution in [0.3, 0.4) is 0 Å². The van der Waals surface area contributed by atoms with Crippen molar-refractivity contribution in [3.05, 3.63) is 90.0 Å². The van der Waals surface area contributed by atoms with Crippen molar-refractivity contribution in [2.24, 2.45) is 0 Å². The zero-order valence-corrected chi connectivity index (χ0v) is 24.8. The lowest BCUT2D eigenvalue weighted by Gasteiger charge is -2.33. The molecule has 1 aliphatic carbocycles. The third kappa shape index (κ3) is 7.67. The number of carbonyl (C=O) groups excluding carboxylic acids is 2. The number of benzene rings is 3. The molecule has 41 heavy (non-hydrogen) atoms. The normalized spacial score (nSPS) is 14.6. The van der Waals surface area contributed by atoms with E-state index in [2.05, 4.69) is 5.32 Å². The predicted molar refractivity (Wildman–Crippen MR) is 160 cm³/mol. The van der Waals surface area contributed by atoms with Crippen molar-refractivity contribution in [2.75, 3.05) is 18.0 Å². The molecule has 218 valence electrons. The largest absolute Gasteiger partial charge is 0.497 e. The number of nitrogens with one attached hydrogen (secondary N) is 1. The lowest BCUT2D eigenvalue weighted by Crippen LogP contribution is -2.53. The summed E-state index contributed by atoms with van der Waals surface area (Å²) in [5.41, 5.74) is 2.17. The lowest BCUT2D eigenvalue weighted by atomic mass is 9.95. The Labute approximate surface area is 243 Å². The van der Waals surface area contributed by atoms with E-state index in [0.717, 1.165) is 47.5 Å². The SMILES string of the molecule is COc1cccc(N(CC(=O)N(Cc2cccc(C)c2)C(C)C(=O)NC2CCCCC2)S(=O)(=O)c2ccccc2)c1. The molecule has 0 aliphatic heterocycles. The molecule has 3 aromatic carbocycles. The van der Waals surface area contributed by atoms with Crippen LogP contribution in [0.5, 0.6) is 5.75 Å². The molecular weight excluding hydrogens is 538 g/mol. The second-order valence-corrected chi connectivity index (χ2v) is 12.4. The van der Waals surface area contributed by atoms with Gasteiger partial charge in [-0.25, -0.2) is 8.42 Å². The van der Waals surface area contributed by atoms with Gasteiger partial charge in [0.05, 0.1) is 17.7 Å². The van der Waals surface area contributed by atoms with Crippen LogP contribution in [0.2, 0.25) is 0 Å². The molecule has 3 aromatic rings. The molecule has 0 heterocycles. The first-order chi connectivity index (χ1) is 19.7. The monoisotopic (exact) mass is 577 g/mol. The minimum atomic E-state index is -4.13. The standard InChI is InChI=1S/C32H39N3O5S/c1-24-12-10-13-26(20-24)22-34(25(2)32(37)33-27-14-6-4-7-15-27)31(36)23-35(28-16-11-17-29(21-28)40-3)41(38,39)30-18-8-5-9-19-30/h5,8-13,16-21,25,27H,4,6-7,14-15,22-23H2,1-3H3,(H,33,37). The van der Waals surface area contributed by atoms with E-state index < -0.39 is 28.5 Å². The molecule has 4 rings (SSSR count). The van der Waals surface area contributed by atoms with Gasteiger partial charge in [-0.1, -0.05) is 73.4 Å². The Morgan fingerprint density at radius 2 is 1.66 bits per heavy atom. The molecule has 2 amide bonds. The first-order valence-corrected chi connectivity index (χ1v) is 15.5. The lowest BCUT2D eigenvalue weighted by molar-refractivity contribution is -0.139. The van der Waals surface area contributed by atoms with E-state index in [1.165, 1.54) is 24.1 Å². The summed E-state index contributed by atoms with van der Waals surface area (Å²) >= 11 is 0. The zero-order chi connectivity index (χ0) is 29.4. The van der Waals surface area contributed by atoms with Gasteiger partial charge < -0.3 is 15.0 Å². The summed E-state index contributed by atoms with van der Waals surface area (Å²) in [7, 11) is -2.63. The van der Waals surface area contributed by atoms with E-state index in [1.807, 2.05) is 31.2 Å². The van der Waals surface area contributed by atoms with Crippen LogP contribution in [0.25, 0.3) is 0 Å².